The molecule has 0 bridgehead atoms. The van der Waals surface area contributed by atoms with Crippen LogP contribution in [0.1, 0.15) is 5.56 Å². The lowest BCUT2D eigenvalue weighted by Crippen LogP contribution is -2.38. The van der Waals surface area contributed by atoms with Crippen LogP contribution in [0.15, 0.2) is 57.1 Å². The molecule has 7 nitrogen and oxygen atoms in total. The van der Waals surface area contributed by atoms with Crippen molar-refractivity contribution in [2.45, 2.75) is 4.90 Å². The van der Waals surface area contributed by atoms with Crippen molar-refractivity contribution >= 4 is 15.6 Å². The first-order valence-electron chi connectivity index (χ1n) is 7.33. The Morgan fingerprint density at radius 1 is 1.04 bits per heavy atom. The fraction of sp³-hybridized carbons (Fsp3) is 0.250. The fourth-order valence-electron chi connectivity index (χ4n) is 2.68. The number of aromatic nitrogens is 2. The van der Waals surface area contributed by atoms with E-state index in [2.05, 4.69) is 0 Å². The Bertz CT molecular complexity index is 1030. The fourth-order valence-corrected chi connectivity index (χ4v) is 4.06. The van der Waals surface area contributed by atoms with Crippen molar-refractivity contribution in [1.29, 1.82) is 0 Å². The summed E-state index contributed by atoms with van der Waals surface area (Å²) in [5, 5.41) is 0. The summed E-state index contributed by atoms with van der Waals surface area (Å²) in [4.78, 5) is 24.3. The van der Waals surface area contributed by atoms with Gasteiger partial charge in [0.1, 0.15) is 0 Å². The number of benzene rings is 1. The maximum atomic E-state index is 12.6. The first kappa shape index (κ1) is 16.4. The van der Waals surface area contributed by atoms with E-state index >= 15 is 0 Å². The summed E-state index contributed by atoms with van der Waals surface area (Å²) in [7, 11) is -0.657. The molecule has 24 heavy (non-hydrogen) atoms. The molecule has 3 rings (SSSR count). The lowest BCUT2D eigenvalue weighted by atomic mass is 10.1. The van der Waals surface area contributed by atoms with Gasteiger partial charge in [-0.3, -0.25) is 9.36 Å². The Labute approximate surface area is 139 Å². The first-order chi connectivity index (χ1) is 11.3. The Kier molecular flexibility index (Phi) is 4.02. The zero-order chi connectivity index (χ0) is 17.5. The van der Waals surface area contributed by atoms with E-state index in [4.69, 9.17) is 0 Å². The molecule has 0 fully saturated rings. The third kappa shape index (κ3) is 2.63. The molecule has 1 aliphatic heterocycles. The molecule has 0 unspecified atom stereocenters. The summed E-state index contributed by atoms with van der Waals surface area (Å²) >= 11 is 0. The number of hydrogen-bond acceptors (Lipinski definition) is 4. The highest BCUT2D eigenvalue weighted by molar-refractivity contribution is 7.89. The lowest BCUT2D eigenvalue weighted by molar-refractivity contribution is 0.489. The normalized spacial score (nSPS) is 15.5. The molecule has 1 aromatic heterocycles. The quantitative estimate of drug-likeness (QED) is 0.793. The van der Waals surface area contributed by atoms with Crippen LogP contribution in [0.25, 0.3) is 5.57 Å². The van der Waals surface area contributed by atoms with Crippen molar-refractivity contribution in [3.05, 3.63) is 69.0 Å². The van der Waals surface area contributed by atoms with Crippen LogP contribution in [0.4, 0.5) is 0 Å². The molecule has 0 aliphatic carbocycles. The molecule has 0 N–H and O–H groups in total. The van der Waals surface area contributed by atoms with Crippen LogP contribution < -0.4 is 11.2 Å². The summed E-state index contributed by atoms with van der Waals surface area (Å²) < 4.78 is 28.9. The van der Waals surface area contributed by atoms with Gasteiger partial charge in [0, 0.05) is 33.4 Å². The number of aryl methyl sites for hydroxylation is 1. The van der Waals surface area contributed by atoms with Crippen LogP contribution in [0.3, 0.4) is 0 Å². The maximum Gasteiger partial charge on any atom is 0.330 e. The number of nitrogens with zero attached hydrogens (tertiary/aromatic N) is 3. The van der Waals surface area contributed by atoms with Gasteiger partial charge in [-0.15, -0.1) is 0 Å². The van der Waals surface area contributed by atoms with E-state index in [1.54, 1.807) is 43.5 Å². The minimum Gasteiger partial charge on any atom is -0.303 e. The minimum atomic E-state index is -3.62. The monoisotopic (exact) mass is 347 g/mol. The van der Waals surface area contributed by atoms with Crippen molar-refractivity contribution in [2.75, 3.05) is 13.1 Å². The van der Waals surface area contributed by atoms with Crippen LogP contribution >= 0.6 is 0 Å². The standard InChI is InChI=1S/C16H17N3O4S/c1-17-11-14(15(20)18(2)16(17)21)12-8-9-19(10-12)24(22,23)13-6-4-3-5-7-13/h3-8,11H,9-10H2,1-2H3. The first-order valence-corrected chi connectivity index (χ1v) is 8.77. The third-order valence-electron chi connectivity index (χ3n) is 4.06. The Morgan fingerprint density at radius 2 is 1.71 bits per heavy atom. The topological polar surface area (TPSA) is 81.4 Å². The lowest BCUT2D eigenvalue weighted by Gasteiger charge is -2.16. The van der Waals surface area contributed by atoms with Crippen LogP contribution in [-0.2, 0) is 24.1 Å². The average molecular weight is 347 g/mol. The van der Waals surface area contributed by atoms with Gasteiger partial charge < -0.3 is 4.57 Å². The zero-order valence-electron chi connectivity index (χ0n) is 13.3. The van der Waals surface area contributed by atoms with Crippen molar-refractivity contribution in [1.82, 2.24) is 13.4 Å². The molecular weight excluding hydrogens is 330 g/mol. The molecule has 0 atom stereocenters. The Hall–Kier alpha value is -2.45. The van der Waals surface area contributed by atoms with Gasteiger partial charge in [0.25, 0.3) is 5.56 Å². The molecule has 8 heteroatoms. The second kappa shape index (κ2) is 5.88. The van der Waals surface area contributed by atoms with Gasteiger partial charge in [-0.1, -0.05) is 24.3 Å². The van der Waals surface area contributed by atoms with Gasteiger partial charge in [0.05, 0.1) is 10.5 Å². The van der Waals surface area contributed by atoms with E-state index in [0.717, 1.165) is 4.57 Å². The minimum absolute atomic E-state index is 0.102. The van der Waals surface area contributed by atoms with Crippen molar-refractivity contribution in [3.8, 4) is 0 Å². The van der Waals surface area contributed by atoms with Gasteiger partial charge in [0.15, 0.2) is 0 Å². The molecular formula is C16H17N3O4S. The number of hydrogen-bond donors (Lipinski definition) is 0. The van der Waals surface area contributed by atoms with Gasteiger partial charge in [-0.05, 0) is 17.7 Å². The van der Waals surface area contributed by atoms with Gasteiger partial charge in [-0.25, -0.2) is 13.2 Å². The molecule has 1 aromatic carbocycles. The van der Waals surface area contributed by atoms with Crippen LogP contribution in [0.2, 0.25) is 0 Å². The third-order valence-corrected chi connectivity index (χ3v) is 5.89. The van der Waals surface area contributed by atoms with Crippen LogP contribution in [-0.4, -0.2) is 34.9 Å². The van der Waals surface area contributed by atoms with Gasteiger partial charge in [0.2, 0.25) is 10.0 Å². The SMILES string of the molecule is Cn1cc(C2=CCN(S(=O)(=O)c3ccccc3)C2)c(=O)n(C)c1=O. The predicted molar refractivity (Wildman–Crippen MR) is 90.1 cm³/mol. The highest BCUT2D eigenvalue weighted by Crippen LogP contribution is 2.24. The zero-order valence-corrected chi connectivity index (χ0v) is 14.2. The van der Waals surface area contributed by atoms with Crippen molar-refractivity contribution < 1.29 is 8.42 Å². The second-order valence-corrected chi connectivity index (χ2v) is 7.58. The van der Waals surface area contributed by atoms with E-state index in [1.807, 2.05) is 0 Å². The van der Waals surface area contributed by atoms with E-state index < -0.39 is 21.3 Å². The van der Waals surface area contributed by atoms with Crippen molar-refractivity contribution in [3.63, 3.8) is 0 Å². The van der Waals surface area contributed by atoms with Gasteiger partial charge in [-0.2, -0.15) is 4.31 Å². The summed E-state index contributed by atoms with van der Waals surface area (Å²) in [5.74, 6) is 0. The molecule has 0 spiro atoms. The van der Waals surface area contributed by atoms with Crippen LogP contribution in [0, 0.1) is 0 Å². The van der Waals surface area contributed by atoms with E-state index in [9.17, 15) is 18.0 Å². The summed E-state index contributed by atoms with van der Waals surface area (Å²) in [6.45, 7) is 0.295. The summed E-state index contributed by atoms with van der Waals surface area (Å²) in [6, 6.07) is 8.16. The molecule has 0 saturated carbocycles. The number of rotatable bonds is 3. The number of sulfonamides is 1. The maximum absolute atomic E-state index is 12.6. The molecule has 0 amide bonds. The highest BCUT2D eigenvalue weighted by Gasteiger charge is 2.29. The molecule has 0 radical (unpaired) electrons. The average Bonchev–Trinajstić information content (AvgIpc) is 3.07. The smallest absolute Gasteiger partial charge is 0.303 e. The van der Waals surface area contributed by atoms with Crippen LogP contribution in [0.5, 0.6) is 0 Å². The summed E-state index contributed by atoms with van der Waals surface area (Å²) in [6.07, 6.45) is 3.16. The molecule has 0 saturated heterocycles. The molecule has 1 aliphatic rings. The molecule has 2 heterocycles. The molecule has 2 aromatic rings. The van der Waals surface area contributed by atoms with E-state index in [0.29, 0.717) is 11.1 Å². The largest absolute Gasteiger partial charge is 0.330 e. The molecule has 126 valence electrons. The Morgan fingerprint density at radius 3 is 2.38 bits per heavy atom. The Balaban J connectivity index is 1.95. The predicted octanol–water partition coefficient (Wildman–Crippen LogP) is 0.172. The van der Waals surface area contributed by atoms with Crippen molar-refractivity contribution in [2.24, 2.45) is 14.1 Å². The summed E-state index contributed by atoms with van der Waals surface area (Å²) in [5.41, 5.74) is 0.0930. The highest BCUT2D eigenvalue weighted by atomic mass is 32.2. The second-order valence-electron chi connectivity index (χ2n) is 5.64. The van der Waals surface area contributed by atoms with E-state index in [-0.39, 0.29) is 18.0 Å². The van der Waals surface area contributed by atoms with E-state index in [1.165, 1.54) is 22.1 Å². The van der Waals surface area contributed by atoms with Gasteiger partial charge >= 0.3 is 5.69 Å².